The Balaban J connectivity index is 2.48. The summed E-state index contributed by atoms with van der Waals surface area (Å²) in [5, 5.41) is 12.1. The molecule has 5 nitrogen and oxygen atoms in total. The maximum atomic E-state index is 10.8. The largest absolute Gasteiger partial charge is 0.384 e. The minimum atomic E-state index is -3.12. The van der Waals surface area contributed by atoms with Crippen molar-refractivity contribution in [1.29, 1.82) is 5.26 Å². The first kappa shape index (κ1) is 14.5. The molecule has 0 aromatic heterocycles. The molecule has 0 aliphatic rings. The first-order chi connectivity index (χ1) is 8.44. The average molecular weight is 267 g/mol. The Kier molecular flexibility index (Phi) is 5.13. The molecule has 1 rings (SSSR count). The van der Waals surface area contributed by atoms with Gasteiger partial charge in [-0.3, -0.25) is 0 Å². The van der Waals surface area contributed by atoms with Crippen LogP contribution in [-0.4, -0.2) is 27.8 Å². The summed E-state index contributed by atoms with van der Waals surface area (Å²) in [6.45, 7) is 2.93. The van der Waals surface area contributed by atoms with Gasteiger partial charge in [0.1, 0.15) is 6.07 Å². The van der Waals surface area contributed by atoms with Gasteiger partial charge in [0, 0.05) is 13.1 Å². The first-order valence-corrected chi connectivity index (χ1v) is 7.51. The fraction of sp³-hybridized carbons (Fsp3) is 0.417. The Bertz CT molecular complexity index is 547. The molecule has 0 aliphatic carbocycles. The Labute approximate surface area is 108 Å². The Morgan fingerprint density at radius 1 is 1.33 bits per heavy atom. The van der Waals surface area contributed by atoms with E-state index in [2.05, 4.69) is 16.1 Å². The summed E-state index contributed by atoms with van der Waals surface area (Å²) in [5.74, 6) is 0. The van der Waals surface area contributed by atoms with Gasteiger partial charge < -0.3 is 5.32 Å². The highest BCUT2D eigenvalue weighted by Crippen LogP contribution is 2.19. The van der Waals surface area contributed by atoms with E-state index in [-0.39, 0.29) is 0 Å². The second-order valence-corrected chi connectivity index (χ2v) is 5.89. The standard InChI is InChI=1S/C12H17N3O2S/c1-10-5-3-6-11(9-13)12(10)14-7-4-8-15-18(2,16)17/h3,5-6,14-15H,4,7-8H2,1-2H3. The average Bonchev–Trinajstić information content (AvgIpc) is 2.29. The van der Waals surface area contributed by atoms with Crippen LogP contribution in [0.5, 0.6) is 0 Å². The number of para-hydroxylation sites is 1. The third-order valence-electron chi connectivity index (χ3n) is 2.41. The minimum absolute atomic E-state index is 0.388. The predicted molar refractivity (Wildman–Crippen MR) is 71.8 cm³/mol. The first-order valence-electron chi connectivity index (χ1n) is 5.62. The van der Waals surface area contributed by atoms with E-state index in [4.69, 9.17) is 5.26 Å². The number of sulfonamides is 1. The Morgan fingerprint density at radius 3 is 2.67 bits per heavy atom. The van der Waals surface area contributed by atoms with Gasteiger partial charge in [0.05, 0.1) is 17.5 Å². The molecular formula is C12H17N3O2S. The highest BCUT2D eigenvalue weighted by molar-refractivity contribution is 7.88. The third-order valence-corrected chi connectivity index (χ3v) is 3.14. The summed E-state index contributed by atoms with van der Waals surface area (Å²) in [7, 11) is -3.12. The number of hydrogen-bond acceptors (Lipinski definition) is 4. The SMILES string of the molecule is Cc1cccc(C#N)c1NCCCNS(C)(=O)=O. The van der Waals surface area contributed by atoms with Gasteiger partial charge >= 0.3 is 0 Å². The van der Waals surface area contributed by atoms with Crippen LogP contribution in [0.2, 0.25) is 0 Å². The number of nitrogens with zero attached hydrogens (tertiary/aromatic N) is 1. The van der Waals surface area contributed by atoms with Crippen LogP contribution in [0, 0.1) is 18.3 Å². The lowest BCUT2D eigenvalue weighted by atomic mass is 10.1. The zero-order valence-corrected chi connectivity index (χ0v) is 11.3. The molecular weight excluding hydrogens is 250 g/mol. The van der Waals surface area contributed by atoms with Gasteiger partial charge in [-0.1, -0.05) is 12.1 Å². The van der Waals surface area contributed by atoms with Crippen LogP contribution in [0.3, 0.4) is 0 Å². The van der Waals surface area contributed by atoms with E-state index < -0.39 is 10.0 Å². The molecule has 0 saturated heterocycles. The molecule has 1 aromatic carbocycles. The fourth-order valence-electron chi connectivity index (χ4n) is 1.55. The van der Waals surface area contributed by atoms with Crippen molar-refractivity contribution in [3.8, 4) is 6.07 Å². The second kappa shape index (κ2) is 6.38. The molecule has 0 radical (unpaired) electrons. The smallest absolute Gasteiger partial charge is 0.208 e. The maximum absolute atomic E-state index is 10.8. The minimum Gasteiger partial charge on any atom is -0.384 e. The van der Waals surface area contributed by atoms with Crippen LogP contribution in [0.1, 0.15) is 17.5 Å². The van der Waals surface area contributed by atoms with E-state index in [1.165, 1.54) is 0 Å². The monoisotopic (exact) mass is 267 g/mol. The van der Waals surface area contributed by atoms with Crippen LogP contribution in [0.15, 0.2) is 18.2 Å². The summed E-state index contributed by atoms with van der Waals surface area (Å²) < 4.78 is 24.1. The molecule has 2 N–H and O–H groups in total. The summed E-state index contributed by atoms with van der Waals surface area (Å²) in [6, 6.07) is 7.65. The van der Waals surface area contributed by atoms with E-state index in [1.54, 1.807) is 6.07 Å². The molecule has 6 heteroatoms. The topological polar surface area (TPSA) is 82.0 Å². The lowest BCUT2D eigenvalue weighted by molar-refractivity contribution is 0.586. The number of aryl methyl sites for hydroxylation is 1. The lowest BCUT2D eigenvalue weighted by Crippen LogP contribution is -2.24. The highest BCUT2D eigenvalue weighted by atomic mass is 32.2. The molecule has 98 valence electrons. The molecule has 0 aliphatic heterocycles. The van der Waals surface area contributed by atoms with Crippen molar-refractivity contribution < 1.29 is 8.42 Å². The van der Waals surface area contributed by atoms with Crippen molar-refractivity contribution in [2.75, 3.05) is 24.7 Å². The number of nitrogens with one attached hydrogen (secondary N) is 2. The Hall–Kier alpha value is -1.58. The van der Waals surface area contributed by atoms with E-state index in [9.17, 15) is 8.42 Å². The van der Waals surface area contributed by atoms with Gasteiger partial charge in [-0.25, -0.2) is 13.1 Å². The van der Waals surface area contributed by atoms with Gasteiger partial charge in [-0.05, 0) is 25.0 Å². The van der Waals surface area contributed by atoms with Crippen LogP contribution < -0.4 is 10.0 Å². The number of hydrogen-bond donors (Lipinski definition) is 2. The van der Waals surface area contributed by atoms with Crippen LogP contribution in [-0.2, 0) is 10.0 Å². The van der Waals surface area contributed by atoms with E-state index in [0.717, 1.165) is 17.5 Å². The summed E-state index contributed by atoms with van der Waals surface area (Å²) in [5.41, 5.74) is 2.43. The number of anilines is 1. The van der Waals surface area contributed by atoms with Crippen molar-refractivity contribution >= 4 is 15.7 Å². The van der Waals surface area contributed by atoms with Gasteiger partial charge in [0.15, 0.2) is 0 Å². The molecule has 0 bridgehead atoms. The molecule has 0 saturated carbocycles. The summed E-state index contributed by atoms with van der Waals surface area (Å²) in [6.07, 6.45) is 1.79. The molecule has 1 aromatic rings. The van der Waals surface area contributed by atoms with Gasteiger partial charge in [0.2, 0.25) is 10.0 Å². The number of nitriles is 1. The predicted octanol–water partition coefficient (Wildman–Crippen LogP) is 1.22. The van der Waals surface area contributed by atoms with Crippen molar-refractivity contribution in [2.24, 2.45) is 0 Å². The quantitative estimate of drug-likeness (QED) is 0.759. The molecule has 18 heavy (non-hydrogen) atoms. The zero-order chi connectivity index (χ0) is 13.6. The van der Waals surface area contributed by atoms with Crippen LogP contribution in [0.4, 0.5) is 5.69 Å². The van der Waals surface area contributed by atoms with Gasteiger partial charge in [-0.15, -0.1) is 0 Å². The molecule has 0 amide bonds. The van der Waals surface area contributed by atoms with Crippen molar-refractivity contribution in [3.63, 3.8) is 0 Å². The molecule has 0 fully saturated rings. The van der Waals surface area contributed by atoms with Crippen molar-refractivity contribution in [2.45, 2.75) is 13.3 Å². The second-order valence-electron chi connectivity index (χ2n) is 4.06. The number of benzene rings is 1. The van der Waals surface area contributed by atoms with E-state index in [1.807, 2.05) is 19.1 Å². The molecule has 0 atom stereocenters. The van der Waals surface area contributed by atoms with Gasteiger partial charge in [0.25, 0.3) is 0 Å². The van der Waals surface area contributed by atoms with Crippen LogP contribution in [0.25, 0.3) is 0 Å². The lowest BCUT2D eigenvalue weighted by Gasteiger charge is -2.11. The zero-order valence-electron chi connectivity index (χ0n) is 10.5. The molecule has 0 unspecified atom stereocenters. The van der Waals surface area contributed by atoms with E-state index in [0.29, 0.717) is 25.1 Å². The fourth-order valence-corrected chi connectivity index (χ4v) is 2.07. The van der Waals surface area contributed by atoms with Crippen molar-refractivity contribution in [1.82, 2.24) is 4.72 Å². The molecule has 0 spiro atoms. The number of rotatable bonds is 6. The maximum Gasteiger partial charge on any atom is 0.208 e. The third kappa shape index (κ3) is 4.73. The molecule has 0 heterocycles. The highest BCUT2D eigenvalue weighted by Gasteiger charge is 2.04. The van der Waals surface area contributed by atoms with Crippen molar-refractivity contribution in [3.05, 3.63) is 29.3 Å². The van der Waals surface area contributed by atoms with Crippen LogP contribution >= 0.6 is 0 Å². The normalized spacial score (nSPS) is 10.9. The van der Waals surface area contributed by atoms with Gasteiger partial charge in [-0.2, -0.15) is 5.26 Å². The van der Waals surface area contributed by atoms with E-state index >= 15 is 0 Å². The Morgan fingerprint density at radius 2 is 2.06 bits per heavy atom. The summed E-state index contributed by atoms with van der Waals surface area (Å²) in [4.78, 5) is 0. The summed E-state index contributed by atoms with van der Waals surface area (Å²) >= 11 is 0.